The molecule has 0 heterocycles. The standard InChI is InChI=1S/C24H23ClN2O3/c1-3-29-22-14-18(15-26-21-12-8-7-9-17(21)2)13-20(25)24(22)30-16-23(28)27-19-10-5-4-6-11-19/h4-15H,3,16H2,1-2H3,(H,27,28). The van der Waals surface area contributed by atoms with Crippen LogP contribution >= 0.6 is 11.6 Å². The topological polar surface area (TPSA) is 59.9 Å². The van der Waals surface area contributed by atoms with Gasteiger partial charge in [0.05, 0.1) is 17.3 Å². The molecule has 0 radical (unpaired) electrons. The largest absolute Gasteiger partial charge is 0.490 e. The average Bonchev–Trinajstić information content (AvgIpc) is 2.73. The van der Waals surface area contributed by atoms with Gasteiger partial charge in [-0.2, -0.15) is 0 Å². The zero-order chi connectivity index (χ0) is 21.3. The first-order chi connectivity index (χ1) is 14.6. The van der Waals surface area contributed by atoms with E-state index >= 15 is 0 Å². The molecule has 1 amide bonds. The minimum Gasteiger partial charge on any atom is -0.490 e. The molecule has 3 aromatic rings. The second-order valence-electron chi connectivity index (χ2n) is 6.51. The third kappa shape index (κ3) is 5.84. The second kappa shape index (κ2) is 10.5. The first-order valence-electron chi connectivity index (χ1n) is 9.60. The van der Waals surface area contributed by atoms with Crippen LogP contribution in [-0.2, 0) is 4.79 Å². The number of benzene rings is 3. The van der Waals surface area contributed by atoms with Crippen molar-refractivity contribution in [3.63, 3.8) is 0 Å². The van der Waals surface area contributed by atoms with Gasteiger partial charge >= 0.3 is 0 Å². The van der Waals surface area contributed by atoms with Crippen molar-refractivity contribution in [1.29, 1.82) is 0 Å². The van der Waals surface area contributed by atoms with Gasteiger partial charge in [0.1, 0.15) is 0 Å². The van der Waals surface area contributed by atoms with Crippen LogP contribution in [0.2, 0.25) is 5.02 Å². The number of anilines is 1. The minimum atomic E-state index is -0.287. The molecule has 0 spiro atoms. The van der Waals surface area contributed by atoms with Crippen molar-refractivity contribution >= 4 is 35.1 Å². The first kappa shape index (κ1) is 21.4. The lowest BCUT2D eigenvalue weighted by molar-refractivity contribution is -0.118. The third-order valence-electron chi connectivity index (χ3n) is 4.21. The van der Waals surface area contributed by atoms with Crippen LogP contribution < -0.4 is 14.8 Å². The van der Waals surface area contributed by atoms with E-state index in [0.717, 1.165) is 16.8 Å². The van der Waals surface area contributed by atoms with Crippen LogP contribution in [0.5, 0.6) is 11.5 Å². The van der Waals surface area contributed by atoms with Crippen molar-refractivity contribution in [2.24, 2.45) is 4.99 Å². The molecule has 3 rings (SSSR count). The molecule has 1 N–H and O–H groups in total. The monoisotopic (exact) mass is 422 g/mol. The number of aryl methyl sites for hydroxylation is 1. The zero-order valence-electron chi connectivity index (χ0n) is 16.9. The molecule has 154 valence electrons. The number of carbonyl (C=O) groups excluding carboxylic acids is 1. The summed E-state index contributed by atoms with van der Waals surface area (Å²) in [4.78, 5) is 16.7. The third-order valence-corrected chi connectivity index (χ3v) is 4.49. The van der Waals surface area contributed by atoms with Crippen molar-refractivity contribution < 1.29 is 14.3 Å². The van der Waals surface area contributed by atoms with Crippen molar-refractivity contribution in [3.8, 4) is 11.5 Å². The molecule has 5 nitrogen and oxygen atoms in total. The number of nitrogens with zero attached hydrogens (tertiary/aromatic N) is 1. The maximum Gasteiger partial charge on any atom is 0.262 e. The fourth-order valence-corrected chi connectivity index (χ4v) is 3.05. The molecule has 0 bridgehead atoms. The molecule has 0 aromatic heterocycles. The summed E-state index contributed by atoms with van der Waals surface area (Å²) >= 11 is 6.43. The SMILES string of the molecule is CCOc1cc(C=Nc2ccccc2C)cc(Cl)c1OCC(=O)Nc1ccccc1. The smallest absolute Gasteiger partial charge is 0.262 e. The lowest BCUT2D eigenvalue weighted by Crippen LogP contribution is -2.20. The second-order valence-corrected chi connectivity index (χ2v) is 6.92. The van der Waals surface area contributed by atoms with E-state index in [1.54, 1.807) is 30.5 Å². The highest BCUT2D eigenvalue weighted by Crippen LogP contribution is 2.36. The van der Waals surface area contributed by atoms with Gasteiger partial charge in [-0.05, 0) is 55.3 Å². The Hall–Kier alpha value is -3.31. The first-order valence-corrected chi connectivity index (χ1v) is 9.98. The molecule has 0 saturated carbocycles. The summed E-state index contributed by atoms with van der Waals surface area (Å²) < 4.78 is 11.4. The molecular formula is C24H23ClN2O3. The predicted octanol–water partition coefficient (Wildman–Crippen LogP) is 5.82. The number of hydrogen-bond donors (Lipinski definition) is 1. The summed E-state index contributed by atoms with van der Waals surface area (Å²) in [6.07, 6.45) is 1.72. The van der Waals surface area contributed by atoms with Gasteiger partial charge < -0.3 is 14.8 Å². The Bertz CT molecular complexity index is 1040. The highest BCUT2D eigenvalue weighted by atomic mass is 35.5. The molecule has 0 aliphatic heterocycles. The molecule has 30 heavy (non-hydrogen) atoms. The number of nitrogens with one attached hydrogen (secondary N) is 1. The van der Waals surface area contributed by atoms with Gasteiger partial charge in [0.25, 0.3) is 5.91 Å². The Morgan fingerprint density at radius 1 is 1.07 bits per heavy atom. The average molecular weight is 423 g/mol. The van der Waals surface area contributed by atoms with E-state index in [-0.39, 0.29) is 12.5 Å². The quantitative estimate of drug-likeness (QED) is 0.465. The summed E-state index contributed by atoms with van der Waals surface area (Å²) in [5.41, 5.74) is 3.43. The van der Waals surface area contributed by atoms with Gasteiger partial charge in [0.2, 0.25) is 0 Å². The molecule has 6 heteroatoms. The summed E-state index contributed by atoms with van der Waals surface area (Å²) in [6, 6.07) is 20.6. The van der Waals surface area contributed by atoms with E-state index in [1.165, 1.54) is 0 Å². The predicted molar refractivity (Wildman–Crippen MR) is 122 cm³/mol. The van der Waals surface area contributed by atoms with E-state index in [0.29, 0.717) is 28.8 Å². The summed E-state index contributed by atoms with van der Waals surface area (Å²) in [5, 5.41) is 3.12. The van der Waals surface area contributed by atoms with Gasteiger partial charge in [0, 0.05) is 11.9 Å². The normalized spacial score (nSPS) is 10.8. The van der Waals surface area contributed by atoms with Crippen LogP contribution in [0.15, 0.2) is 71.7 Å². The molecule has 0 atom stereocenters. The summed E-state index contributed by atoms with van der Waals surface area (Å²) in [5.74, 6) is 0.503. The Morgan fingerprint density at radius 2 is 1.80 bits per heavy atom. The number of aliphatic imine (C=N–C) groups is 1. The van der Waals surface area contributed by atoms with Crippen LogP contribution in [0.4, 0.5) is 11.4 Å². The fourth-order valence-electron chi connectivity index (χ4n) is 2.77. The van der Waals surface area contributed by atoms with Gasteiger partial charge in [0.15, 0.2) is 18.1 Å². The highest BCUT2D eigenvalue weighted by Gasteiger charge is 2.14. The lowest BCUT2D eigenvalue weighted by atomic mass is 10.2. The number of hydrogen-bond acceptors (Lipinski definition) is 4. The number of rotatable bonds is 8. The molecule has 0 aliphatic rings. The van der Waals surface area contributed by atoms with Crippen molar-refractivity contribution in [2.45, 2.75) is 13.8 Å². The summed E-state index contributed by atoms with van der Waals surface area (Å²) in [7, 11) is 0. The Labute approximate surface area is 181 Å². The Kier molecular flexibility index (Phi) is 7.46. The number of halogens is 1. The van der Waals surface area contributed by atoms with Gasteiger partial charge in [-0.25, -0.2) is 0 Å². The van der Waals surface area contributed by atoms with E-state index in [1.807, 2.05) is 56.3 Å². The molecule has 0 fully saturated rings. The van der Waals surface area contributed by atoms with Gasteiger partial charge in [-0.3, -0.25) is 9.79 Å². The number of carbonyl (C=O) groups is 1. The van der Waals surface area contributed by atoms with Crippen LogP contribution in [0.1, 0.15) is 18.1 Å². The molecule has 0 saturated heterocycles. The zero-order valence-corrected chi connectivity index (χ0v) is 17.6. The van der Waals surface area contributed by atoms with E-state index < -0.39 is 0 Å². The lowest BCUT2D eigenvalue weighted by Gasteiger charge is -2.14. The fraction of sp³-hybridized carbons (Fsp3) is 0.167. The minimum absolute atomic E-state index is 0.189. The summed E-state index contributed by atoms with van der Waals surface area (Å²) in [6.45, 7) is 4.11. The van der Waals surface area contributed by atoms with E-state index in [2.05, 4.69) is 10.3 Å². The maximum atomic E-state index is 12.2. The molecule has 0 unspecified atom stereocenters. The number of amides is 1. The van der Waals surface area contributed by atoms with E-state index in [9.17, 15) is 4.79 Å². The maximum absolute atomic E-state index is 12.2. The van der Waals surface area contributed by atoms with Crippen LogP contribution in [-0.4, -0.2) is 25.3 Å². The van der Waals surface area contributed by atoms with Crippen molar-refractivity contribution in [1.82, 2.24) is 0 Å². The van der Waals surface area contributed by atoms with Gasteiger partial charge in [-0.1, -0.05) is 48.0 Å². The molecule has 0 aliphatic carbocycles. The number of ether oxygens (including phenoxy) is 2. The van der Waals surface area contributed by atoms with Crippen LogP contribution in [0.25, 0.3) is 0 Å². The number of para-hydroxylation sites is 2. The van der Waals surface area contributed by atoms with Crippen molar-refractivity contribution in [3.05, 3.63) is 82.9 Å². The van der Waals surface area contributed by atoms with Crippen LogP contribution in [0, 0.1) is 6.92 Å². The highest BCUT2D eigenvalue weighted by molar-refractivity contribution is 6.32. The Balaban J connectivity index is 1.74. The molecule has 3 aromatic carbocycles. The Morgan fingerprint density at radius 3 is 2.53 bits per heavy atom. The van der Waals surface area contributed by atoms with Crippen molar-refractivity contribution in [2.75, 3.05) is 18.5 Å². The van der Waals surface area contributed by atoms with E-state index in [4.69, 9.17) is 21.1 Å². The van der Waals surface area contributed by atoms with Gasteiger partial charge in [-0.15, -0.1) is 0 Å². The molecular weight excluding hydrogens is 400 g/mol. The van der Waals surface area contributed by atoms with Crippen LogP contribution in [0.3, 0.4) is 0 Å².